The standard InChI is InChI=1S/C65H44N2/c1-43-35-40-56-59(41-43)62(46-22-18-21-45(42-46)44-19-4-2-5-20-44)52-27-8-9-28-53(52)63(56)64-54-29-10-12-31-57(54)65(58-32-13-11-30-55(58)64)66(47-23-6-3-7-24-47)48-36-38-49(39-37-48)67-60-33-16-14-25-50(60)51-26-15-17-34-61(51)67/h2-42H,1H3. The fraction of sp³-hybridized carbons (Fsp3) is 0.0154. The van der Waals surface area contributed by atoms with Gasteiger partial charge in [0, 0.05) is 38.6 Å². The lowest BCUT2D eigenvalue weighted by atomic mass is 9.82. The average molecular weight is 853 g/mol. The van der Waals surface area contributed by atoms with E-state index in [0.29, 0.717) is 0 Å². The van der Waals surface area contributed by atoms with Gasteiger partial charge in [-0.25, -0.2) is 0 Å². The molecule has 0 saturated carbocycles. The number of hydrogen-bond acceptors (Lipinski definition) is 1. The summed E-state index contributed by atoms with van der Waals surface area (Å²) in [6.07, 6.45) is 0. The zero-order valence-corrected chi connectivity index (χ0v) is 37.1. The fourth-order valence-electron chi connectivity index (χ4n) is 10.9. The van der Waals surface area contributed by atoms with Crippen LogP contribution in [0.25, 0.3) is 104 Å². The number of rotatable bonds is 7. The van der Waals surface area contributed by atoms with Crippen molar-refractivity contribution in [1.82, 2.24) is 4.57 Å². The summed E-state index contributed by atoms with van der Waals surface area (Å²) in [4.78, 5) is 2.46. The second kappa shape index (κ2) is 15.8. The van der Waals surface area contributed by atoms with E-state index < -0.39 is 0 Å². The molecular weight excluding hydrogens is 809 g/mol. The lowest BCUT2D eigenvalue weighted by Gasteiger charge is -2.30. The third-order valence-corrected chi connectivity index (χ3v) is 13.8. The predicted molar refractivity (Wildman–Crippen MR) is 287 cm³/mol. The van der Waals surface area contributed by atoms with Crippen LogP contribution in [0.4, 0.5) is 17.1 Å². The highest BCUT2D eigenvalue weighted by molar-refractivity contribution is 6.30. The Morgan fingerprint density at radius 1 is 0.284 bits per heavy atom. The van der Waals surface area contributed by atoms with Gasteiger partial charge in [-0.1, -0.05) is 200 Å². The van der Waals surface area contributed by atoms with Crippen molar-refractivity contribution in [2.24, 2.45) is 0 Å². The number of nitrogens with zero attached hydrogens (tertiary/aromatic N) is 2. The molecule has 1 heterocycles. The van der Waals surface area contributed by atoms with Gasteiger partial charge in [0.2, 0.25) is 0 Å². The third-order valence-electron chi connectivity index (χ3n) is 13.8. The Balaban J connectivity index is 1.07. The van der Waals surface area contributed by atoms with Crippen molar-refractivity contribution in [2.75, 3.05) is 4.90 Å². The second-order valence-electron chi connectivity index (χ2n) is 17.7. The maximum Gasteiger partial charge on any atom is 0.0618 e. The van der Waals surface area contributed by atoms with Gasteiger partial charge >= 0.3 is 0 Å². The van der Waals surface area contributed by atoms with E-state index >= 15 is 0 Å². The predicted octanol–water partition coefficient (Wildman–Crippen LogP) is 18.2. The number of hydrogen-bond donors (Lipinski definition) is 0. The molecule has 0 atom stereocenters. The van der Waals surface area contributed by atoms with Gasteiger partial charge in [0.05, 0.1) is 16.7 Å². The Labute approximate surface area is 389 Å². The molecule has 13 aromatic rings. The van der Waals surface area contributed by atoms with E-state index in [9.17, 15) is 0 Å². The number of fused-ring (bicyclic) bond motifs is 7. The first-order valence-electron chi connectivity index (χ1n) is 23.2. The molecule has 0 spiro atoms. The summed E-state index contributed by atoms with van der Waals surface area (Å²) in [6, 6.07) is 91.4. The van der Waals surface area contributed by atoms with Gasteiger partial charge < -0.3 is 9.47 Å². The Morgan fingerprint density at radius 3 is 1.31 bits per heavy atom. The van der Waals surface area contributed by atoms with E-state index in [0.717, 1.165) is 22.7 Å². The van der Waals surface area contributed by atoms with E-state index in [1.54, 1.807) is 0 Å². The highest BCUT2D eigenvalue weighted by Gasteiger charge is 2.25. The summed E-state index contributed by atoms with van der Waals surface area (Å²) in [6.45, 7) is 2.21. The lowest BCUT2D eigenvalue weighted by Crippen LogP contribution is -2.11. The van der Waals surface area contributed by atoms with Crippen LogP contribution in [0.15, 0.2) is 249 Å². The van der Waals surface area contributed by atoms with Crippen molar-refractivity contribution in [2.45, 2.75) is 6.92 Å². The number of anilines is 3. The first-order valence-corrected chi connectivity index (χ1v) is 23.2. The van der Waals surface area contributed by atoms with E-state index in [2.05, 4.69) is 265 Å². The number of benzene rings is 12. The van der Waals surface area contributed by atoms with E-state index in [4.69, 9.17) is 0 Å². The maximum absolute atomic E-state index is 2.46. The minimum atomic E-state index is 1.09. The Kier molecular flexibility index (Phi) is 9.11. The van der Waals surface area contributed by atoms with Gasteiger partial charge in [0.15, 0.2) is 0 Å². The molecule has 0 radical (unpaired) electrons. The van der Waals surface area contributed by atoms with Crippen LogP contribution in [-0.4, -0.2) is 4.57 Å². The van der Waals surface area contributed by atoms with Crippen LogP contribution in [0.5, 0.6) is 0 Å². The van der Waals surface area contributed by atoms with Gasteiger partial charge in [0.25, 0.3) is 0 Å². The number of aryl methyl sites for hydroxylation is 1. The second-order valence-corrected chi connectivity index (χ2v) is 17.7. The van der Waals surface area contributed by atoms with Crippen LogP contribution in [0.3, 0.4) is 0 Å². The van der Waals surface area contributed by atoms with Gasteiger partial charge in [-0.2, -0.15) is 0 Å². The molecule has 0 N–H and O–H groups in total. The van der Waals surface area contributed by atoms with Gasteiger partial charge in [-0.05, 0) is 127 Å². The molecule has 2 heteroatoms. The maximum atomic E-state index is 2.46. The van der Waals surface area contributed by atoms with Crippen molar-refractivity contribution in [1.29, 1.82) is 0 Å². The summed E-state index contributed by atoms with van der Waals surface area (Å²) >= 11 is 0. The molecule has 0 unspecified atom stereocenters. The van der Waals surface area contributed by atoms with Crippen molar-refractivity contribution in [3.8, 4) is 39.1 Å². The Bertz CT molecular complexity index is 3920. The van der Waals surface area contributed by atoms with Crippen LogP contribution in [-0.2, 0) is 0 Å². The van der Waals surface area contributed by atoms with Crippen LogP contribution in [0.1, 0.15) is 5.56 Å². The zero-order chi connectivity index (χ0) is 44.4. The average Bonchev–Trinajstić information content (AvgIpc) is 3.73. The lowest BCUT2D eigenvalue weighted by molar-refractivity contribution is 1.17. The molecule has 0 aliphatic carbocycles. The molecule has 0 aliphatic rings. The molecule has 2 nitrogen and oxygen atoms in total. The first-order chi connectivity index (χ1) is 33.2. The highest BCUT2D eigenvalue weighted by Crippen LogP contribution is 2.52. The molecule has 0 saturated heterocycles. The van der Waals surface area contributed by atoms with Crippen LogP contribution < -0.4 is 4.90 Å². The van der Waals surface area contributed by atoms with Crippen LogP contribution >= 0.6 is 0 Å². The molecule has 314 valence electrons. The fourth-order valence-corrected chi connectivity index (χ4v) is 10.9. The Hall–Kier alpha value is -8.72. The van der Waals surface area contributed by atoms with Crippen LogP contribution in [0.2, 0.25) is 0 Å². The van der Waals surface area contributed by atoms with E-state index in [1.165, 1.54) is 104 Å². The molecule has 13 rings (SSSR count). The molecule has 0 bridgehead atoms. The molecule has 1 aromatic heterocycles. The van der Waals surface area contributed by atoms with Crippen molar-refractivity contribution in [3.63, 3.8) is 0 Å². The summed E-state index contributed by atoms with van der Waals surface area (Å²) < 4.78 is 2.39. The normalized spacial score (nSPS) is 11.7. The van der Waals surface area contributed by atoms with Gasteiger partial charge in [0.1, 0.15) is 0 Å². The van der Waals surface area contributed by atoms with Crippen molar-refractivity contribution in [3.05, 3.63) is 254 Å². The Morgan fingerprint density at radius 2 is 0.716 bits per heavy atom. The smallest absolute Gasteiger partial charge is 0.0618 e. The topological polar surface area (TPSA) is 8.17 Å². The summed E-state index contributed by atoms with van der Waals surface area (Å²) in [5, 5.41) is 12.3. The van der Waals surface area contributed by atoms with Crippen LogP contribution in [0, 0.1) is 6.92 Å². The van der Waals surface area contributed by atoms with Crippen molar-refractivity contribution < 1.29 is 0 Å². The van der Waals surface area contributed by atoms with Gasteiger partial charge in [-0.3, -0.25) is 0 Å². The zero-order valence-electron chi connectivity index (χ0n) is 37.1. The molecule has 0 amide bonds. The minimum Gasteiger partial charge on any atom is -0.309 e. The summed E-state index contributed by atoms with van der Waals surface area (Å²) in [5.74, 6) is 0. The molecule has 0 aliphatic heterocycles. The third kappa shape index (κ3) is 6.26. The minimum absolute atomic E-state index is 1.09. The molecule has 0 fully saturated rings. The SMILES string of the molecule is Cc1ccc2c(-c3c4ccccc4c(N(c4ccccc4)c4ccc(-n5c6ccccc6c6ccccc65)cc4)c4ccccc34)c3ccccc3c(-c3cccc(-c4ccccc4)c3)c2c1. The monoisotopic (exact) mass is 852 g/mol. The van der Waals surface area contributed by atoms with E-state index in [1.807, 2.05) is 0 Å². The number of aromatic nitrogens is 1. The first kappa shape index (κ1) is 38.7. The summed E-state index contributed by atoms with van der Waals surface area (Å²) in [7, 11) is 0. The van der Waals surface area contributed by atoms with Gasteiger partial charge in [-0.15, -0.1) is 0 Å². The number of para-hydroxylation sites is 3. The molecule has 12 aromatic carbocycles. The van der Waals surface area contributed by atoms with Crippen molar-refractivity contribution >= 4 is 82.0 Å². The molecule has 67 heavy (non-hydrogen) atoms. The van der Waals surface area contributed by atoms with E-state index in [-0.39, 0.29) is 0 Å². The highest BCUT2D eigenvalue weighted by atomic mass is 15.1. The molecular formula is C65H44N2. The summed E-state index contributed by atoms with van der Waals surface area (Å²) in [5.41, 5.74) is 15.5. The largest absolute Gasteiger partial charge is 0.309 e. The quantitative estimate of drug-likeness (QED) is 0.145.